The average Bonchev–Trinajstić information content (AvgIpc) is 3.37. The molecule has 0 saturated heterocycles. The first kappa shape index (κ1) is 23.8. The van der Waals surface area contributed by atoms with Gasteiger partial charge in [0.15, 0.2) is 5.82 Å². The van der Waals surface area contributed by atoms with Gasteiger partial charge in [0.05, 0.1) is 12.0 Å². The Morgan fingerprint density at radius 1 is 1.03 bits per heavy atom. The van der Waals surface area contributed by atoms with Gasteiger partial charge in [-0.1, -0.05) is 22.8 Å². The maximum Gasteiger partial charge on any atom is 0.270 e. The van der Waals surface area contributed by atoms with E-state index >= 15 is 0 Å². The molecule has 0 atom stereocenters. The number of hydrogen-bond acceptors (Lipinski definition) is 6. The second-order valence-electron chi connectivity index (χ2n) is 8.01. The molecule has 5 aromatic rings. The minimum Gasteiger partial charge on any atom is -0.495 e. The van der Waals surface area contributed by atoms with E-state index in [-0.39, 0.29) is 27.2 Å². The smallest absolute Gasteiger partial charge is 0.270 e. The molecule has 0 amide bonds. The molecule has 0 aliphatic carbocycles. The number of ether oxygens (including phenoxy) is 1. The van der Waals surface area contributed by atoms with Crippen LogP contribution < -0.4 is 9.04 Å². The molecular formula is C26H19ClFN3O4S. The number of aromatic nitrogens is 2. The predicted molar refractivity (Wildman–Crippen MR) is 136 cm³/mol. The van der Waals surface area contributed by atoms with E-state index in [9.17, 15) is 12.8 Å². The second-order valence-corrected chi connectivity index (χ2v) is 10.2. The van der Waals surface area contributed by atoms with Gasteiger partial charge in [-0.15, -0.1) is 0 Å². The van der Waals surface area contributed by atoms with E-state index in [0.717, 1.165) is 9.69 Å². The summed E-state index contributed by atoms with van der Waals surface area (Å²) in [7, 11) is -2.76. The van der Waals surface area contributed by atoms with Crippen LogP contribution in [-0.2, 0) is 10.0 Å². The summed E-state index contributed by atoms with van der Waals surface area (Å²) in [5.74, 6) is -0.213. The lowest BCUT2D eigenvalue weighted by Gasteiger charge is -2.25. The van der Waals surface area contributed by atoms with Crippen molar-refractivity contribution in [1.82, 2.24) is 10.1 Å². The lowest BCUT2D eigenvalue weighted by atomic mass is 9.99. The van der Waals surface area contributed by atoms with Gasteiger partial charge in [-0.3, -0.25) is 4.98 Å². The number of rotatable bonds is 6. The Kier molecular flexibility index (Phi) is 6.11. The summed E-state index contributed by atoms with van der Waals surface area (Å²) in [6.07, 6.45) is 4.54. The molecule has 182 valence electrons. The van der Waals surface area contributed by atoms with E-state index in [2.05, 4.69) is 10.1 Å². The summed E-state index contributed by atoms with van der Waals surface area (Å²) in [5, 5.41) is 5.65. The zero-order valence-electron chi connectivity index (χ0n) is 19.1. The maximum atomic E-state index is 14.1. The van der Waals surface area contributed by atoms with Crippen molar-refractivity contribution in [3.63, 3.8) is 0 Å². The first-order valence-corrected chi connectivity index (χ1v) is 12.5. The zero-order chi connectivity index (χ0) is 25.4. The molecule has 0 bridgehead atoms. The summed E-state index contributed by atoms with van der Waals surface area (Å²) in [6, 6.07) is 15.4. The van der Waals surface area contributed by atoms with Crippen LogP contribution in [0.25, 0.3) is 21.9 Å². The highest BCUT2D eigenvalue weighted by Gasteiger charge is 2.32. The number of fused-ring (bicyclic) bond motifs is 1. The summed E-state index contributed by atoms with van der Waals surface area (Å²) in [4.78, 5) is 4.12. The van der Waals surface area contributed by atoms with Gasteiger partial charge in [0.2, 0.25) is 0 Å². The van der Waals surface area contributed by atoms with Crippen LogP contribution in [-0.4, -0.2) is 25.7 Å². The lowest BCUT2D eigenvalue weighted by molar-refractivity contribution is 0.414. The van der Waals surface area contributed by atoms with Crippen LogP contribution in [0.2, 0.25) is 5.02 Å². The zero-order valence-corrected chi connectivity index (χ0v) is 20.7. The Morgan fingerprint density at radius 2 is 1.86 bits per heavy atom. The maximum absolute atomic E-state index is 14.1. The summed E-state index contributed by atoms with van der Waals surface area (Å²) >= 11 is 6.06. The van der Waals surface area contributed by atoms with Crippen LogP contribution in [0, 0.1) is 12.7 Å². The Morgan fingerprint density at radius 3 is 2.58 bits per heavy atom. The van der Waals surface area contributed by atoms with E-state index in [1.165, 1.54) is 37.6 Å². The van der Waals surface area contributed by atoms with Crippen molar-refractivity contribution in [1.29, 1.82) is 0 Å². The molecule has 3 aromatic carbocycles. The topological polar surface area (TPSA) is 85.5 Å². The third-order valence-electron chi connectivity index (χ3n) is 5.70. The molecule has 0 spiro atoms. The number of nitrogens with zero attached hydrogens (tertiary/aromatic N) is 3. The van der Waals surface area contributed by atoms with E-state index in [0.29, 0.717) is 22.1 Å². The predicted octanol–water partition coefficient (Wildman–Crippen LogP) is 6.53. The monoisotopic (exact) mass is 523 g/mol. The number of halogens is 2. The minimum absolute atomic E-state index is 0.0454. The normalized spacial score (nSPS) is 11.6. The highest BCUT2D eigenvalue weighted by Crippen LogP contribution is 2.42. The van der Waals surface area contributed by atoms with Crippen molar-refractivity contribution in [2.75, 3.05) is 11.4 Å². The van der Waals surface area contributed by atoms with E-state index in [4.69, 9.17) is 20.9 Å². The van der Waals surface area contributed by atoms with E-state index in [1.807, 2.05) is 0 Å². The van der Waals surface area contributed by atoms with Gasteiger partial charge >= 0.3 is 0 Å². The molecule has 0 radical (unpaired) electrons. The van der Waals surface area contributed by atoms with E-state index in [1.54, 1.807) is 55.7 Å². The molecule has 0 unspecified atom stereocenters. The summed E-state index contributed by atoms with van der Waals surface area (Å²) in [5.41, 5.74) is 2.04. The van der Waals surface area contributed by atoms with Gasteiger partial charge in [-0.2, -0.15) is 0 Å². The van der Waals surface area contributed by atoms with Crippen molar-refractivity contribution in [2.24, 2.45) is 0 Å². The van der Waals surface area contributed by atoms with Crippen LogP contribution >= 0.6 is 11.6 Å². The third-order valence-corrected chi connectivity index (χ3v) is 7.63. The second kappa shape index (κ2) is 9.25. The van der Waals surface area contributed by atoms with Crippen molar-refractivity contribution >= 4 is 43.9 Å². The summed E-state index contributed by atoms with van der Waals surface area (Å²) < 4.78 is 53.7. The van der Waals surface area contributed by atoms with Crippen LogP contribution in [0.5, 0.6) is 5.75 Å². The van der Waals surface area contributed by atoms with Crippen LogP contribution in [0.3, 0.4) is 0 Å². The van der Waals surface area contributed by atoms with Crippen molar-refractivity contribution in [2.45, 2.75) is 11.8 Å². The molecule has 0 saturated carbocycles. The number of anilines is 2. The number of pyridine rings is 1. The van der Waals surface area contributed by atoms with Crippen molar-refractivity contribution in [3.8, 4) is 16.9 Å². The Labute approximate surface area is 211 Å². The lowest BCUT2D eigenvalue weighted by Crippen LogP contribution is -2.27. The fraction of sp³-hybridized carbons (Fsp3) is 0.0769. The van der Waals surface area contributed by atoms with Gasteiger partial charge in [-0.25, -0.2) is 17.1 Å². The highest BCUT2D eigenvalue weighted by atomic mass is 35.5. The van der Waals surface area contributed by atoms with Gasteiger partial charge in [0, 0.05) is 28.9 Å². The molecule has 0 fully saturated rings. The quantitative estimate of drug-likeness (QED) is 0.251. The third kappa shape index (κ3) is 4.27. The molecule has 5 rings (SSSR count). The van der Waals surface area contributed by atoms with Crippen molar-refractivity contribution in [3.05, 3.63) is 95.7 Å². The standard InChI is InChI=1S/C26H19ClFN3O4S/c1-16-9-24(25(34-2)14-23(16)19-10-20(27)13-21(28)11-19)31(26-6-8-35-30-26)36(32,33)22-4-3-18-15-29-7-5-17(18)12-22/h3-15H,1-2H3. The number of aryl methyl sites for hydroxylation is 1. The number of sulfonamides is 1. The highest BCUT2D eigenvalue weighted by molar-refractivity contribution is 7.93. The Balaban J connectivity index is 1.71. The number of benzene rings is 3. The fourth-order valence-corrected chi connectivity index (χ4v) is 5.72. The first-order chi connectivity index (χ1) is 17.3. The largest absolute Gasteiger partial charge is 0.495 e. The molecular weight excluding hydrogens is 505 g/mol. The van der Waals surface area contributed by atoms with Crippen molar-refractivity contribution < 1.29 is 22.1 Å². The molecule has 0 aliphatic rings. The van der Waals surface area contributed by atoms with Gasteiger partial charge < -0.3 is 9.26 Å². The molecule has 2 aromatic heterocycles. The van der Waals surface area contributed by atoms with E-state index < -0.39 is 15.8 Å². The SMILES string of the molecule is COc1cc(-c2cc(F)cc(Cl)c2)c(C)cc1N(c1ccon1)S(=O)(=O)c1ccc2cnccc2c1. The average molecular weight is 524 g/mol. The van der Waals surface area contributed by atoms with Crippen LogP contribution in [0.15, 0.2) is 88.7 Å². The van der Waals surface area contributed by atoms with Gasteiger partial charge in [0.1, 0.15) is 23.5 Å². The Bertz CT molecular complexity index is 1670. The fourth-order valence-electron chi connectivity index (χ4n) is 4.03. The Hall–Kier alpha value is -3.95. The molecule has 36 heavy (non-hydrogen) atoms. The molecule has 0 aliphatic heterocycles. The van der Waals surface area contributed by atoms with Gasteiger partial charge in [0.25, 0.3) is 10.0 Å². The van der Waals surface area contributed by atoms with Crippen LogP contribution in [0.4, 0.5) is 15.9 Å². The molecule has 0 N–H and O–H groups in total. The van der Waals surface area contributed by atoms with Gasteiger partial charge in [-0.05, 0) is 77.5 Å². The first-order valence-electron chi connectivity index (χ1n) is 10.7. The van der Waals surface area contributed by atoms with Crippen LogP contribution in [0.1, 0.15) is 5.56 Å². The molecule has 2 heterocycles. The summed E-state index contributed by atoms with van der Waals surface area (Å²) in [6.45, 7) is 1.79. The molecule has 7 nitrogen and oxygen atoms in total. The number of methoxy groups -OCH3 is 1. The number of hydrogen-bond donors (Lipinski definition) is 0. The molecule has 10 heteroatoms. The minimum atomic E-state index is -4.18.